The van der Waals surface area contributed by atoms with Crippen molar-refractivity contribution in [1.82, 2.24) is 10.3 Å². The molecule has 0 bridgehead atoms. The molecule has 3 rings (SSSR count). The Morgan fingerprint density at radius 2 is 2.14 bits per heavy atom. The standard InChI is InChI=1S/C15H15N3O3/c1-16-12-8-17-5-4-11(12)15(19)18-7-10-2-3-13-14(6-10)21-9-20-13/h2-6,8,16H,7,9H2,1H3,(H,18,19). The molecule has 0 spiro atoms. The second-order valence-corrected chi connectivity index (χ2v) is 4.54. The normalized spacial score (nSPS) is 12.0. The first-order valence-electron chi connectivity index (χ1n) is 6.56. The van der Waals surface area contributed by atoms with E-state index in [0.29, 0.717) is 23.5 Å². The topological polar surface area (TPSA) is 72.5 Å². The number of fused-ring (bicyclic) bond motifs is 1. The van der Waals surface area contributed by atoms with Gasteiger partial charge in [0.05, 0.1) is 17.4 Å². The number of nitrogens with one attached hydrogen (secondary N) is 2. The summed E-state index contributed by atoms with van der Waals surface area (Å²) in [7, 11) is 1.76. The molecule has 2 aromatic rings. The third-order valence-corrected chi connectivity index (χ3v) is 3.23. The van der Waals surface area contributed by atoms with Gasteiger partial charge in [-0.05, 0) is 23.8 Å². The largest absolute Gasteiger partial charge is 0.454 e. The average Bonchev–Trinajstić information content (AvgIpc) is 3.00. The number of pyridine rings is 1. The molecule has 0 saturated carbocycles. The summed E-state index contributed by atoms with van der Waals surface area (Å²) in [4.78, 5) is 16.2. The highest BCUT2D eigenvalue weighted by molar-refractivity contribution is 5.99. The highest BCUT2D eigenvalue weighted by Crippen LogP contribution is 2.32. The number of hydrogen-bond donors (Lipinski definition) is 2. The predicted octanol–water partition coefficient (Wildman–Crippen LogP) is 1.78. The number of hydrogen-bond acceptors (Lipinski definition) is 5. The second-order valence-electron chi connectivity index (χ2n) is 4.54. The SMILES string of the molecule is CNc1cnccc1C(=O)NCc1ccc2c(c1)OCO2. The third kappa shape index (κ3) is 2.74. The van der Waals surface area contributed by atoms with E-state index in [9.17, 15) is 4.79 Å². The number of carbonyl (C=O) groups excluding carboxylic acids is 1. The molecular formula is C15H15N3O3. The van der Waals surface area contributed by atoms with Gasteiger partial charge in [0, 0.05) is 19.8 Å². The maximum Gasteiger partial charge on any atom is 0.253 e. The molecule has 0 fully saturated rings. The van der Waals surface area contributed by atoms with Crippen molar-refractivity contribution in [2.75, 3.05) is 19.2 Å². The molecule has 2 heterocycles. The lowest BCUT2D eigenvalue weighted by Crippen LogP contribution is -2.23. The van der Waals surface area contributed by atoms with E-state index in [4.69, 9.17) is 9.47 Å². The van der Waals surface area contributed by atoms with Gasteiger partial charge in [-0.25, -0.2) is 0 Å². The van der Waals surface area contributed by atoms with Crippen molar-refractivity contribution in [1.29, 1.82) is 0 Å². The number of ether oxygens (including phenoxy) is 2. The Morgan fingerprint density at radius 3 is 3.00 bits per heavy atom. The average molecular weight is 285 g/mol. The van der Waals surface area contributed by atoms with Crippen LogP contribution >= 0.6 is 0 Å². The van der Waals surface area contributed by atoms with Crippen molar-refractivity contribution in [3.63, 3.8) is 0 Å². The highest BCUT2D eigenvalue weighted by Gasteiger charge is 2.14. The molecule has 2 N–H and O–H groups in total. The monoisotopic (exact) mass is 285 g/mol. The van der Waals surface area contributed by atoms with Crippen LogP contribution in [-0.4, -0.2) is 24.7 Å². The first kappa shape index (κ1) is 13.2. The molecule has 1 aromatic carbocycles. The lowest BCUT2D eigenvalue weighted by Gasteiger charge is -2.09. The smallest absolute Gasteiger partial charge is 0.253 e. The van der Waals surface area contributed by atoms with E-state index in [1.165, 1.54) is 0 Å². The zero-order valence-electron chi connectivity index (χ0n) is 11.6. The van der Waals surface area contributed by atoms with E-state index in [-0.39, 0.29) is 12.7 Å². The van der Waals surface area contributed by atoms with Crippen LogP contribution in [0.5, 0.6) is 11.5 Å². The fraction of sp³-hybridized carbons (Fsp3) is 0.200. The molecule has 1 amide bonds. The Kier molecular flexibility index (Phi) is 3.59. The third-order valence-electron chi connectivity index (χ3n) is 3.23. The van der Waals surface area contributed by atoms with Crippen molar-refractivity contribution < 1.29 is 14.3 Å². The predicted molar refractivity (Wildman–Crippen MR) is 77.5 cm³/mol. The number of carbonyl (C=O) groups is 1. The van der Waals surface area contributed by atoms with Crippen LogP contribution in [0.1, 0.15) is 15.9 Å². The van der Waals surface area contributed by atoms with Crippen molar-refractivity contribution in [3.05, 3.63) is 47.8 Å². The molecule has 0 unspecified atom stereocenters. The van der Waals surface area contributed by atoms with E-state index in [2.05, 4.69) is 15.6 Å². The Morgan fingerprint density at radius 1 is 1.29 bits per heavy atom. The molecule has 0 radical (unpaired) electrons. The van der Waals surface area contributed by atoms with Crippen LogP contribution in [0, 0.1) is 0 Å². The summed E-state index contributed by atoms with van der Waals surface area (Å²) in [5.41, 5.74) is 2.21. The minimum atomic E-state index is -0.153. The van der Waals surface area contributed by atoms with Gasteiger partial charge in [0.2, 0.25) is 6.79 Å². The van der Waals surface area contributed by atoms with Crippen LogP contribution in [0.2, 0.25) is 0 Å². The molecule has 6 nitrogen and oxygen atoms in total. The zero-order valence-corrected chi connectivity index (χ0v) is 11.6. The molecule has 1 aliphatic rings. The van der Waals surface area contributed by atoms with Gasteiger partial charge < -0.3 is 20.1 Å². The molecule has 21 heavy (non-hydrogen) atoms. The molecule has 0 saturated heterocycles. The Bertz CT molecular complexity index is 673. The van der Waals surface area contributed by atoms with Gasteiger partial charge in [-0.1, -0.05) is 6.07 Å². The summed E-state index contributed by atoms with van der Waals surface area (Å²) in [5.74, 6) is 1.29. The number of anilines is 1. The fourth-order valence-electron chi connectivity index (χ4n) is 2.12. The Balaban J connectivity index is 1.68. The Hall–Kier alpha value is -2.76. The van der Waals surface area contributed by atoms with E-state index in [1.54, 1.807) is 25.5 Å². The van der Waals surface area contributed by atoms with Gasteiger partial charge in [-0.3, -0.25) is 9.78 Å². The first-order valence-corrected chi connectivity index (χ1v) is 6.56. The van der Waals surface area contributed by atoms with E-state index < -0.39 is 0 Å². The molecule has 0 atom stereocenters. The number of aromatic nitrogens is 1. The summed E-state index contributed by atoms with van der Waals surface area (Å²) < 4.78 is 10.6. The minimum Gasteiger partial charge on any atom is -0.454 e. The van der Waals surface area contributed by atoms with Crippen molar-refractivity contribution >= 4 is 11.6 Å². The molecular weight excluding hydrogens is 270 g/mol. The van der Waals surface area contributed by atoms with Crippen LogP contribution in [0.25, 0.3) is 0 Å². The number of nitrogens with zero attached hydrogens (tertiary/aromatic N) is 1. The van der Waals surface area contributed by atoms with Gasteiger partial charge in [-0.15, -0.1) is 0 Å². The highest BCUT2D eigenvalue weighted by atomic mass is 16.7. The number of amides is 1. The van der Waals surface area contributed by atoms with Crippen LogP contribution in [-0.2, 0) is 6.54 Å². The molecule has 1 aliphatic heterocycles. The maximum atomic E-state index is 12.2. The van der Waals surface area contributed by atoms with Crippen LogP contribution < -0.4 is 20.1 Å². The molecule has 108 valence electrons. The number of rotatable bonds is 4. The summed E-state index contributed by atoms with van der Waals surface area (Å²) in [6, 6.07) is 7.30. The molecule has 1 aromatic heterocycles. The van der Waals surface area contributed by atoms with Crippen molar-refractivity contribution in [3.8, 4) is 11.5 Å². The van der Waals surface area contributed by atoms with Crippen molar-refractivity contribution in [2.45, 2.75) is 6.54 Å². The fourth-order valence-corrected chi connectivity index (χ4v) is 2.12. The van der Waals surface area contributed by atoms with Gasteiger partial charge in [0.15, 0.2) is 11.5 Å². The van der Waals surface area contributed by atoms with E-state index in [0.717, 1.165) is 11.3 Å². The van der Waals surface area contributed by atoms with E-state index in [1.807, 2.05) is 18.2 Å². The summed E-state index contributed by atoms with van der Waals surface area (Å²) in [5, 5.41) is 5.83. The summed E-state index contributed by atoms with van der Waals surface area (Å²) >= 11 is 0. The van der Waals surface area contributed by atoms with Gasteiger partial charge in [-0.2, -0.15) is 0 Å². The maximum absolute atomic E-state index is 12.2. The zero-order chi connectivity index (χ0) is 14.7. The first-order chi connectivity index (χ1) is 10.3. The summed E-state index contributed by atoms with van der Waals surface area (Å²) in [6.07, 6.45) is 3.21. The number of benzene rings is 1. The van der Waals surface area contributed by atoms with Crippen LogP contribution in [0.15, 0.2) is 36.7 Å². The Labute approximate surface area is 122 Å². The van der Waals surface area contributed by atoms with Crippen LogP contribution in [0.3, 0.4) is 0 Å². The van der Waals surface area contributed by atoms with Crippen molar-refractivity contribution in [2.24, 2.45) is 0 Å². The van der Waals surface area contributed by atoms with Gasteiger partial charge in [0.25, 0.3) is 5.91 Å². The molecule has 0 aliphatic carbocycles. The quantitative estimate of drug-likeness (QED) is 0.896. The molecule has 6 heteroatoms. The lowest BCUT2D eigenvalue weighted by atomic mass is 10.1. The van der Waals surface area contributed by atoms with Gasteiger partial charge in [0.1, 0.15) is 0 Å². The minimum absolute atomic E-state index is 0.153. The van der Waals surface area contributed by atoms with E-state index >= 15 is 0 Å². The lowest BCUT2D eigenvalue weighted by molar-refractivity contribution is 0.0951. The second kappa shape index (κ2) is 5.70. The van der Waals surface area contributed by atoms with Crippen LogP contribution in [0.4, 0.5) is 5.69 Å². The van der Waals surface area contributed by atoms with Gasteiger partial charge >= 0.3 is 0 Å². The summed E-state index contributed by atoms with van der Waals surface area (Å²) in [6.45, 7) is 0.661.